The minimum Gasteiger partial charge on any atom is -0.616 e. The van der Waals surface area contributed by atoms with Gasteiger partial charge in [-0.25, -0.2) is 0 Å². The highest BCUT2D eigenvalue weighted by molar-refractivity contribution is 6.02. The van der Waals surface area contributed by atoms with Crippen LogP contribution in [0.5, 0.6) is 0 Å². The first-order valence-corrected chi connectivity index (χ1v) is 25.2. The van der Waals surface area contributed by atoms with Crippen LogP contribution < -0.4 is 14.4 Å². The Kier molecular flexibility index (Phi) is 12.6. The Morgan fingerprint density at radius 2 is 0.538 bits per heavy atom. The number of rotatable bonds is 11. The Morgan fingerprint density at radius 1 is 0.269 bits per heavy atom. The molecule has 10 heteroatoms. The maximum atomic E-state index is 16.0. The zero-order valence-electron chi connectivity index (χ0n) is 41.5. The molecule has 0 bridgehead atoms. The molecule has 0 unspecified atom stereocenters. The van der Waals surface area contributed by atoms with Crippen molar-refractivity contribution in [3.05, 3.63) is 289 Å². The molecule has 0 aliphatic carbocycles. The minimum atomic E-state index is -5.20. The molecule has 0 N–H and O–H groups in total. The van der Waals surface area contributed by atoms with E-state index in [-0.39, 0.29) is 5.56 Å². The van der Waals surface area contributed by atoms with Crippen LogP contribution in [0.25, 0.3) is 55.6 Å². The number of nitrogens with zero attached hydrogens (tertiary/aromatic N) is 3. The molecule has 12 rings (SSSR count). The fourth-order valence-electron chi connectivity index (χ4n) is 10.6. The molecular formula is C68H45F6N3O. The third-order valence-corrected chi connectivity index (χ3v) is 14.3. The molecule has 4 nitrogen and oxygen atoms in total. The molecule has 0 amide bonds. The summed E-state index contributed by atoms with van der Waals surface area (Å²) >= 11 is 0. The Bertz CT molecular complexity index is 3650. The van der Waals surface area contributed by atoms with Crippen molar-refractivity contribution >= 4 is 51.2 Å². The van der Waals surface area contributed by atoms with Crippen molar-refractivity contribution in [3.8, 4) is 55.6 Å². The Hall–Kier alpha value is -9.48. The van der Waals surface area contributed by atoms with Gasteiger partial charge in [-0.3, -0.25) is 4.65 Å². The molecule has 380 valence electrons. The Labute approximate surface area is 447 Å². The third-order valence-electron chi connectivity index (χ3n) is 14.3. The van der Waals surface area contributed by atoms with Crippen molar-refractivity contribution in [2.24, 2.45) is 0 Å². The molecule has 0 aromatic heterocycles. The van der Waals surface area contributed by atoms with Crippen molar-refractivity contribution in [2.75, 3.05) is 9.80 Å². The number of anilines is 6. The summed E-state index contributed by atoms with van der Waals surface area (Å²) in [6, 6.07) is 85.5. The average Bonchev–Trinajstić information content (AvgIpc) is 3.95. The molecular weight excluding hydrogens is 989 g/mol. The van der Waals surface area contributed by atoms with Crippen molar-refractivity contribution in [2.45, 2.75) is 12.4 Å². The predicted octanol–water partition coefficient (Wildman–Crippen LogP) is 20.8. The first kappa shape index (κ1) is 49.4. The molecule has 0 spiro atoms. The van der Waals surface area contributed by atoms with Gasteiger partial charge in [-0.05, 0) is 166 Å². The van der Waals surface area contributed by atoms with Crippen LogP contribution in [-0.2, 0) is 12.4 Å². The quantitative estimate of drug-likeness (QED) is 0.0734. The lowest BCUT2D eigenvalue weighted by Crippen LogP contribution is -2.29. The lowest BCUT2D eigenvalue weighted by atomic mass is 9.96. The Morgan fingerprint density at radius 3 is 0.885 bits per heavy atom. The zero-order valence-corrected chi connectivity index (χ0v) is 41.5. The maximum absolute atomic E-state index is 16.0. The van der Waals surface area contributed by atoms with Gasteiger partial charge >= 0.3 is 12.4 Å². The molecule has 1 heterocycles. The van der Waals surface area contributed by atoms with E-state index in [1.807, 2.05) is 109 Å². The van der Waals surface area contributed by atoms with Crippen LogP contribution in [0.4, 0.5) is 77.5 Å². The van der Waals surface area contributed by atoms with E-state index in [2.05, 4.69) is 119 Å². The van der Waals surface area contributed by atoms with Gasteiger partial charge in [0.15, 0.2) is 11.4 Å². The van der Waals surface area contributed by atoms with Crippen LogP contribution in [-0.4, -0.2) is 0 Å². The van der Waals surface area contributed by atoms with Gasteiger partial charge in [0.1, 0.15) is 5.69 Å². The molecule has 0 atom stereocenters. The highest BCUT2D eigenvalue weighted by atomic mass is 19.4. The topological polar surface area (TPSA) is 29.5 Å². The number of quaternary nitrogens is 1. The lowest BCUT2D eigenvalue weighted by molar-refractivity contribution is -0.162. The average molecular weight is 1030 g/mol. The molecule has 0 fully saturated rings. The number of hydrogen-bond acceptors (Lipinski definition) is 3. The molecule has 0 saturated heterocycles. The van der Waals surface area contributed by atoms with Gasteiger partial charge in [-0.2, -0.15) is 26.3 Å². The second-order valence-corrected chi connectivity index (χ2v) is 19.1. The minimum absolute atomic E-state index is 0.00254. The number of para-hydroxylation sites is 4. The van der Waals surface area contributed by atoms with E-state index in [1.165, 1.54) is 0 Å². The summed E-state index contributed by atoms with van der Waals surface area (Å²) in [6.07, 6.45) is -10.4. The first-order valence-electron chi connectivity index (χ1n) is 25.2. The van der Waals surface area contributed by atoms with E-state index in [0.29, 0.717) is 40.3 Å². The smallest absolute Gasteiger partial charge is 0.417 e. The number of benzene rings is 11. The summed E-state index contributed by atoms with van der Waals surface area (Å²) < 4.78 is 81.1. The van der Waals surface area contributed by atoms with Gasteiger partial charge < -0.3 is 15.0 Å². The third kappa shape index (κ3) is 9.27. The predicted molar refractivity (Wildman–Crippen MR) is 304 cm³/mol. The maximum Gasteiger partial charge on any atom is 0.417 e. The normalized spacial score (nSPS) is 12.7. The number of alkyl halides is 6. The summed E-state index contributed by atoms with van der Waals surface area (Å²) in [7, 11) is 0. The van der Waals surface area contributed by atoms with E-state index in [4.69, 9.17) is 0 Å². The highest BCUT2D eigenvalue weighted by Crippen LogP contribution is 2.58. The van der Waals surface area contributed by atoms with Crippen molar-refractivity contribution < 1.29 is 26.3 Å². The molecule has 0 saturated carbocycles. The molecule has 1 aliphatic rings. The van der Waals surface area contributed by atoms with Gasteiger partial charge in [-0.15, -0.1) is 0 Å². The second-order valence-electron chi connectivity index (χ2n) is 19.1. The molecule has 11 aromatic rings. The zero-order chi connectivity index (χ0) is 53.6. The van der Waals surface area contributed by atoms with E-state index in [0.717, 1.165) is 79.1 Å². The van der Waals surface area contributed by atoms with Gasteiger partial charge in [0, 0.05) is 58.4 Å². The van der Waals surface area contributed by atoms with Crippen LogP contribution >= 0.6 is 0 Å². The summed E-state index contributed by atoms with van der Waals surface area (Å²) in [5.41, 5.74) is 11.3. The largest absolute Gasteiger partial charge is 0.616 e. The summed E-state index contributed by atoms with van der Waals surface area (Å²) in [4.78, 5) is 4.42. The van der Waals surface area contributed by atoms with Crippen molar-refractivity contribution in [3.63, 3.8) is 0 Å². The molecule has 78 heavy (non-hydrogen) atoms. The van der Waals surface area contributed by atoms with Crippen molar-refractivity contribution in [1.29, 1.82) is 0 Å². The second kappa shape index (κ2) is 19.9. The summed E-state index contributed by atoms with van der Waals surface area (Å²) in [5.74, 6) is 0. The van der Waals surface area contributed by atoms with Crippen LogP contribution in [0, 0.1) is 5.21 Å². The van der Waals surface area contributed by atoms with E-state index >= 15 is 5.21 Å². The highest BCUT2D eigenvalue weighted by Gasteiger charge is 2.43. The molecule has 1 aliphatic heterocycles. The number of hydrogen-bond donors (Lipinski definition) is 0. The molecule has 0 radical (unpaired) electrons. The van der Waals surface area contributed by atoms with E-state index in [1.54, 1.807) is 36.4 Å². The van der Waals surface area contributed by atoms with Gasteiger partial charge in [0.25, 0.3) is 0 Å². The fourth-order valence-corrected chi connectivity index (χ4v) is 10.6. The van der Waals surface area contributed by atoms with E-state index < -0.39 is 28.1 Å². The van der Waals surface area contributed by atoms with Crippen molar-refractivity contribution in [1.82, 2.24) is 4.65 Å². The van der Waals surface area contributed by atoms with Gasteiger partial charge in [0.2, 0.25) is 0 Å². The summed E-state index contributed by atoms with van der Waals surface area (Å²) in [5, 5.41) is 16.0. The van der Waals surface area contributed by atoms with Crippen LogP contribution in [0.1, 0.15) is 11.1 Å². The van der Waals surface area contributed by atoms with Gasteiger partial charge in [-0.1, -0.05) is 127 Å². The van der Waals surface area contributed by atoms with E-state index in [9.17, 15) is 26.3 Å². The van der Waals surface area contributed by atoms with Crippen LogP contribution in [0.15, 0.2) is 273 Å². The monoisotopic (exact) mass is 1030 g/mol. The summed E-state index contributed by atoms with van der Waals surface area (Å²) in [6.45, 7) is 0. The number of fused-ring (bicyclic) bond motifs is 3. The van der Waals surface area contributed by atoms with Gasteiger partial charge in [0.05, 0.1) is 22.3 Å². The fraction of sp³-hybridized carbons (Fsp3) is 0.0294. The molecule has 11 aromatic carbocycles. The SMILES string of the molecule is [O-][N+]1(c2ccc(-c3ccc(-c4ccc(C(F)(F)F)c(C(F)(F)F)c4)cc3)cc2)c2ccc(-c3ccc(N(c4ccccc4)c4ccccc4)cc3)cc2-c2cc(-c3ccc(N(c4ccccc4)c4ccccc4)cc3)ccc21. The van der Waals surface area contributed by atoms with Crippen LogP contribution in [0.3, 0.4) is 0 Å². The first-order chi connectivity index (χ1) is 37.8. The standard InChI is InChI=1S/C68H45F6N3O/c69-67(70,71)63-40-31-53(45-64(63)68(72,73)74)48-23-21-46(22-24-48)47-29-38-60(39-30-47)77(78)65-41-32-51(49-25-34-58(35-26-49)75(54-13-5-1-6-14-54)55-15-7-2-8-16-55)43-61(65)62-44-52(33-42-66(62)77)50-27-36-59(37-28-50)76(56-17-9-3-10-18-56)57-19-11-4-12-20-57/h1-45H. The van der Waals surface area contributed by atoms with Crippen LogP contribution in [0.2, 0.25) is 0 Å². The number of halogens is 6. The lowest BCUT2D eigenvalue weighted by Gasteiger charge is -2.38. The Balaban J connectivity index is 0.905.